The zero-order valence-electron chi connectivity index (χ0n) is 17.2. The molecule has 1 aliphatic carbocycles. The highest BCUT2D eigenvalue weighted by molar-refractivity contribution is 7.09. The van der Waals surface area contributed by atoms with E-state index < -0.39 is 0 Å². The Kier molecular flexibility index (Phi) is 7.63. The van der Waals surface area contributed by atoms with E-state index in [2.05, 4.69) is 34.8 Å². The van der Waals surface area contributed by atoms with Crippen molar-refractivity contribution in [2.45, 2.75) is 64.3 Å². The van der Waals surface area contributed by atoms with E-state index in [4.69, 9.17) is 0 Å². The van der Waals surface area contributed by atoms with Gasteiger partial charge in [-0.05, 0) is 37.1 Å². The molecule has 0 spiro atoms. The van der Waals surface area contributed by atoms with E-state index >= 15 is 0 Å². The van der Waals surface area contributed by atoms with Gasteiger partial charge in [-0.2, -0.15) is 0 Å². The summed E-state index contributed by atoms with van der Waals surface area (Å²) in [5.74, 6) is 0.384. The van der Waals surface area contributed by atoms with Crippen molar-refractivity contribution in [2.75, 3.05) is 11.9 Å². The van der Waals surface area contributed by atoms with Crippen LogP contribution in [0.5, 0.6) is 0 Å². The van der Waals surface area contributed by atoms with Gasteiger partial charge in [-0.1, -0.05) is 33.1 Å². The van der Waals surface area contributed by atoms with Crippen LogP contribution in [-0.2, 0) is 6.42 Å². The lowest BCUT2D eigenvalue weighted by atomic mass is 9.95. The Balaban J connectivity index is 1.41. The number of anilines is 1. The number of hydrogen-bond acceptors (Lipinski definition) is 4. The number of hydrogen-bond donors (Lipinski definition) is 3. The summed E-state index contributed by atoms with van der Waals surface area (Å²) in [5.41, 5.74) is 2.28. The molecule has 3 rings (SSSR count). The monoisotopic (exact) mass is 414 g/mol. The second kappa shape index (κ2) is 10.4. The number of carbonyl (C=O) groups is 2. The van der Waals surface area contributed by atoms with Crippen LogP contribution < -0.4 is 16.0 Å². The molecule has 0 bridgehead atoms. The number of amides is 3. The van der Waals surface area contributed by atoms with Crippen molar-refractivity contribution in [2.24, 2.45) is 0 Å². The number of benzene rings is 1. The molecule has 0 atom stereocenters. The molecule has 1 aromatic carbocycles. The van der Waals surface area contributed by atoms with E-state index in [1.165, 1.54) is 19.3 Å². The van der Waals surface area contributed by atoms with Gasteiger partial charge in [0.2, 0.25) is 0 Å². The summed E-state index contributed by atoms with van der Waals surface area (Å²) in [7, 11) is 0. The molecule has 156 valence electrons. The first-order valence-corrected chi connectivity index (χ1v) is 11.3. The number of thiazole rings is 1. The van der Waals surface area contributed by atoms with Gasteiger partial charge >= 0.3 is 6.03 Å². The third kappa shape index (κ3) is 6.56. The summed E-state index contributed by atoms with van der Waals surface area (Å²) >= 11 is 1.66. The highest BCUT2D eigenvalue weighted by atomic mass is 32.1. The molecule has 3 amide bonds. The van der Waals surface area contributed by atoms with Gasteiger partial charge in [-0.3, -0.25) is 4.79 Å². The normalized spacial score (nSPS) is 14.6. The van der Waals surface area contributed by atoms with Crippen LogP contribution in [0.2, 0.25) is 0 Å². The molecule has 6 nitrogen and oxygen atoms in total. The fraction of sp³-hybridized carbons (Fsp3) is 0.500. The summed E-state index contributed by atoms with van der Waals surface area (Å²) in [6.45, 7) is 4.77. The van der Waals surface area contributed by atoms with Gasteiger partial charge < -0.3 is 16.0 Å². The summed E-state index contributed by atoms with van der Waals surface area (Å²) in [5, 5.41) is 11.9. The molecule has 2 aromatic rings. The van der Waals surface area contributed by atoms with E-state index in [0.29, 0.717) is 30.1 Å². The average molecular weight is 415 g/mol. The van der Waals surface area contributed by atoms with E-state index in [-0.39, 0.29) is 18.0 Å². The predicted molar refractivity (Wildman–Crippen MR) is 118 cm³/mol. The number of aromatic nitrogens is 1. The van der Waals surface area contributed by atoms with Crippen LogP contribution in [0.3, 0.4) is 0 Å². The zero-order valence-corrected chi connectivity index (χ0v) is 18.0. The number of urea groups is 1. The van der Waals surface area contributed by atoms with Crippen LogP contribution in [0.25, 0.3) is 0 Å². The second-order valence-electron chi connectivity index (χ2n) is 7.85. The van der Waals surface area contributed by atoms with Gasteiger partial charge in [-0.25, -0.2) is 9.78 Å². The van der Waals surface area contributed by atoms with Gasteiger partial charge in [0, 0.05) is 41.6 Å². The summed E-state index contributed by atoms with van der Waals surface area (Å²) in [6, 6.07) is 7.03. The minimum absolute atomic E-state index is 0.0445. The largest absolute Gasteiger partial charge is 0.349 e. The predicted octanol–water partition coefficient (Wildman–Crippen LogP) is 4.69. The van der Waals surface area contributed by atoms with Crippen molar-refractivity contribution >= 4 is 29.0 Å². The standard InChI is InChI=1S/C22H30N4O2S/c1-15(2)21-25-19(14-29-21)12-13-23-22(28)26-18-10-8-16(9-11-18)20(27)24-17-6-4-3-5-7-17/h8-11,14-15,17H,3-7,12-13H2,1-2H3,(H,24,27)(H2,23,26,28). The Morgan fingerprint density at radius 3 is 2.52 bits per heavy atom. The molecule has 7 heteroatoms. The second-order valence-corrected chi connectivity index (χ2v) is 8.74. The van der Waals surface area contributed by atoms with E-state index in [9.17, 15) is 9.59 Å². The molecule has 0 aliphatic heterocycles. The van der Waals surface area contributed by atoms with Crippen molar-refractivity contribution in [3.8, 4) is 0 Å². The quantitative estimate of drug-likeness (QED) is 0.614. The van der Waals surface area contributed by atoms with Crippen LogP contribution >= 0.6 is 11.3 Å². The topological polar surface area (TPSA) is 83.1 Å². The van der Waals surface area contributed by atoms with Gasteiger partial charge in [0.05, 0.1) is 10.7 Å². The maximum Gasteiger partial charge on any atom is 0.319 e. The van der Waals surface area contributed by atoms with Gasteiger partial charge in [-0.15, -0.1) is 11.3 Å². The maximum atomic E-state index is 12.4. The third-order valence-corrected chi connectivity index (χ3v) is 6.27. The van der Waals surface area contributed by atoms with Gasteiger partial charge in [0.25, 0.3) is 5.91 Å². The number of rotatable bonds is 7. The lowest BCUT2D eigenvalue weighted by Gasteiger charge is -2.22. The first-order chi connectivity index (χ1) is 14.0. The maximum absolute atomic E-state index is 12.4. The molecular weight excluding hydrogens is 384 g/mol. The summed E-state index contributed by atoms with van der Waals surface area (Å²) in [4.78, 5) is 29.0. The molecule has 1 saturated carbocycles. The highest BCUT2D eigenvalue weighted by Crippen LogP contribution is 2.19. The summed E-state index contributed by atoms with van der Waals surface area (Å²) < 4.78 is 0. The number of nitrogens with one attached hydrogen (secondary N) is 3. The highest BCUT2D eigenvalue weighted by Gasteiger charge is 2.16. The first kappa shape index (κ1) is 21.3. The van der Waals surface area contributed by atoms with E-state index in [0.717, 1.165) is 23.5 Å². The molecule has 0 unspecified atom stereocenters. The SMILES string of the molecule is CC(C)c1nc(CCNC(=O)Nc2ccc(C(=O)NC3CCCCC3)cc2)cs1. The van der Waals surface area contributed by atoms with Crippen LogP contribution in [0, 0.1) is 0 Å². The fourth-order valence-electron chi connectivity index (χ4n) is 3.40. The van der Waals surface area contributed by atoms with Crippen molar-refractivity contribution < 1.29 is 9.59 Å². The molecule has 1 heterocycles. The molecule has 3 N–H and O–H groups in total. The van der Waals surface area contributed by atoms with Crippen LogP contribution in [0.1, 0.15) is 72.9 Å². The van der Waals surface area contributed by atoms with Crippen LogP contribution in [-0.4, -0.2) is 29.5 Å². The van der Waals surface area contributed by atoms with Crippen molar-refractivity contribution in [1.29, 1.82) is 0 Å². The van der Waals surface area contributed by atoms with E-state index in [1.54, 1.807) is 35.6 Å². The lowest BCUT2D eigenvalue weighted by molar-refractivity contribution is 0.0927. The molecule has 1 aromatic heterocycles. The fourth-order valence-corrected chi connectivity index (χ4v) is 4.27. The first-order valence-electron chi connectivity index (χ1n) is 10.4. The Labute approximate surface area is 176 Å². The van der Waals surface area contributed by atoms with Crippen LogP contribution in [0.15, 0.2) is 29.6 Å². The smallest absolute Gasteiger partial charge is 0.319 e. The van der Waals surface area contributed by atoms with Crippen molar-refractivity contribution in [3.05, 3.63) is 45.9 Å². The molecular formula is C22H30N4O2S. The molecule has 29 heavy (non-hydrogen) atoms. The van der Waals surface area contributed by atoms with Crippen LogP contribution in [0.4, 0.5) is 10.5 Å². The summed E-state index contributed by atoms with van der Waals surface area (Å²) in [6.07, 6.45) is 6.46. The minimum Gasteiger partial charge on any atom is -0.349 e. The third-order valence-electron chi connectivity index (χ3n) is 5.08. The van der Waals surface area contributed by atoms with E-state index in [1.807, 2.05) is 5.38 Å². The lowest BCUT2D eigenvalue weighted by Crippen LogP contribution is -2.36. The van der Waals surface area contributed by atoms with Gasteiger partial charge in [0.1, 0.15) is 0 Å². The van der Waals surface area contributed by atoms with Gasteiger partial charge in [0.15, 0.2) is 0 Å². The Bertz CT molecular complexity index is 810. The Morgan fingerprint density at radius 2 is 1.86 bits per heavy atom. The Morgan fingerprint density at radius 1 is 1.14 bits per heavy atom. The molecule has 0 saturated heterocycles. The Hall–Kier alpha value is -2.41. The average Bonchev–Trinajstić information content (AvgIpc) is 3.18. The molecule has 1 fully saturated rings. The number of nitrogens with zero attached hydrogens (tertiary/aromatic N) is 1. The number of carbonyl (C=O) groups excluding carboxylic acids is 2. The zero-order chi connectivity index (χ0) is 20.6. The van der Waals surface area contributed by atoms with Crippen molar-refractivity contribution in [3.63, 3.8) is 0 Å². The molecule has 1 aliphatic rings. The minimum atomic E-state index is -0.260. The molecule has 0 radical (unpaired) electrons. The van der Waals surface area contributed by atoms with Crippen molar-refractivity contribution in [1.82, 2.24) is 15.6 Å².